The lowest BCUT2D eigenvalue weighted by Gasteiger charge is -2.21. The highest BCUT2D eigenvalue weighted by atomic mass is 32.2. The van der Waals surface area contributed by atoms with Crippen LogP contribution in [0, 0.1) is 5.41 Å². The Labute approximate surface area is 136 Å². The maximum atomic E-state index is 12.2. The van der Waals surface area contributed by atoms with Crippen molar-refractivity contribution in [2.45, 2.75) is 12.6 Å². The molecule has 1 aromatic carbocycles. The Morgan fingerprint density at radius 3 is 2.65 bits per heavy atom. The molecule has 128 valence electrons. The molecule has 0 heterocycles. The normalized spacial score (nSPS) is 11.0. The van der Waals surface area contributed by atoms with Crippen molar-refractivity contribution in [3.8, 4) is 11.5 Å². The summed E-state index contributed by atoms with van der Waals surface area (Å²) in [5.74, 6) is 0.204. The van der Waals surface area contributed by atoms with E-state index in [2.05, 4.69) is 0 Å². The summed E-state index contributed by atoms with van der Waals surface area (Å²) < 4.78 is 46.9. The molecular weight excluding hydrogens is 333 g/mol. The summed E-state index contributed by atoms with van der Waals surface area (Å²) in [7, 11) is 1.42. The number of thioether (sulfide) groups is 1. The molecule has 0 aliphatic carbocycles. The molecular formula is C14H17F3N2O3S. The lowest BCUT2D eigenvalue weighted by molar-refractivity contribution is -0.139. The van der Waals surface area contributed by atoms with Gasteiger partial charge in [-0.15, -0.1) is 0 Å². The van der Waals surface area contributed by atoms with E-state index < -0.39 is 19.2 Å². The number of nitrogens with zero attached hydrogens (tertiary/aromatic N) is 1. The van der Waals surface area contributed by atoms with Gasteiger partial charge in [-0.3, -0.25) is 15.1 Å². The first-order valence-corrected chi connectivity index (χ1v) is 7.91. The molecule has 0 radical (unpaired) electrons. The molecule has 0 aromatic heterocycles. The fourth-order valence-electron chi connectivity index (χ4n) is 1.68. The van der Waals surface area contributed by atoms with E-state index in [0.717, 1.165) is 11.2 Å². The second-order valence-corrected chi connectivity index (χ2v) is 5.24. The highest BCUT2D eigenvalue weighted by molar-refractivity contribution is 7.99. The summed E-state index contributed by atoms with van der Waals surface area (Å²) in [6.45, 7) is -0.578. The minimum atomic E-state index is -4.33. The molecule has 0 aliphatic heterocycles. The number of carbonyl (C=O) groups is 1. The van der Waals surface area contributed by atoms with Crippen molar-refractivity contribution < 1.29 is 27.4 Å². The van der Waals surface area contributed by atoms with Crippen LogP contribution in [0.25, 0.3) is 0 Å². The Morgan fingerprint density at radius 2 is 2.13 bits per heavy atom. The predicted molar refractivity (Wildman–Crippen MR) is 83.8 cm³/mol. The third-order valence-corrected chi connectivity index (χ3v) is 3.27. The number of anilines is 1. The third kappa shape index (κ3) is 6.01. The van der Waals surface area contributed by atoms with E-state index in [1.54, 1.807) is 6.26 Å². The Morgan fingerprint density at radius 1 is 1.43 bits per heavy atom. The lowest BCUT2D eigenvalue weighted by atomic mass is 10.2. The summed E-state index contributed by atoms with van der Waals surface area (Å²) in [6.07, 6.45) is -2.92. The number of alkyl halides is 3. The smallest absolute Gasteiger partial charge is 0.392 e. The van der Waals surface area contributed by atoms with Crippen LogP contribution in [0.4, 0.5) is 18.9 Å². The van der Waals surface area contributed by atoms with Gasteiger partial charge in [-0.05, 0) is 18.4 Å². The minimum absolute atomic E-state index is 0.0769. The van der Waals surface area contributed by atoms with Crippen LogP contribution in [0.15, 0.2) is 18.2 Å². The van der Waals surface area contributed by atoms with Gasteiger partial charge in [0, 0.05) is 6.07 Å². The Kier molecular flexibility index (Phi) is 7.21. The first-order chi connectivity index (χ1) is 10.8. The molecule has 0 unspecified atom stereocenters. The van der Waals surface area contributed by atoms with E-state index >= 15 is 0 Å². The van der Waals surface area contributed by atoms with Crippen molar-refractivity contribution in [2.24, 2.45) is 0 Å². The fourth-order valence-corrected chi connectivity index (χ4v) is 2.07. The summed E-state index contributed by atoms with van der Waals surface area (Å²) in [4.78, 5) is 13.1. The van der Waals surface area contributed by atoms with E-state index in [0.29, 0.717) is 5.75 Å². The van der Waals surface area contributed by atoms with Crippen LogP contribution in [0.1, 0.15) is 6.42 Å². The Bertz CT molecular complexity index is 553. The van der Waals surface area contributed by atoms with Crippen molar-refractivity contribution in [2.75, 3.05) is 30.6 Å². The minimum Gasteiger partial charge on any atom is -0.497 e. The van der Waals surface area contributed by atoms with Gasteiger partial charge in [0.1, 0.15) is 11.5 Å². The number of benzene rings is 1. The van der Waals surface area contributed by atoms with Crippen LogP contribution in [-0.4, -0.2) is 44.1 Å². The van der Waals surface area contributed by atoms with Gasteiger partial charge in [0.2, 0.25) is 5.91 Å². The molecule has 0 aliphatic rings. The largest absolute Gasteiger partial charge is 0.497 e. The van der Waals surface area contributed by atoms with Crippen LogP contribution in [0.2, 0.25) is 0 Å². The van der Waals surface area contributed by atoms with Crippen molar-refractivity contribution in [3.63, 3.8) is 0 Å². The molecule has 0 bridgehead atoms. The topological polar surface area (TPSA) is 62.6 Å². The average molecular weight is 350 g/mol. The van der Waals surface area contributed by atoms with E-state index in [1.165, 1.54) is 37.1 Å². The third-order valence-electron chi connectivity index (χ3n) is 2.73. The molecule has 1 rings (SSSR count). The zero-order valence-electron chi connectivity index (χ0n) is 12.6. The molecule has 0 fully saturated rings. The number of methoxy groups -OCH3 is 1. The van der Waals surface area contributed by atoms with Crippen LogP contribution in [-0.2, 0) is 4.79 Å². The van der Waals surface area contributed by atoms with Gasteiger partial charge >= 0.3 is 6.18 Å². The molecule has 1 N–H and O–H groups in total. The fraction of sp³-hybridized carbons (Fsp3) is 0.429. The molecule has 0 saturated carbocycles. The maximum Gasteiger partial charge on any atom is 0.392 e. The van der Waals surface area contributed by atoms with Gasteiger partial charge < -0.3 is 9.47 Å². The van der Waals surface area contributed by atoms with Gasteiger partial charge in [0.05, 0.1) is 37.9 Å². The maximum absolute atomic E-state index is 12.2. The van der Waals surface area contributed by atoms with Crippen molar-refractivity contribution >= 4 is 29.7 Å². The standard InChI is InChI=1S/C14H17F3N2O3S/c1-21-10-3-4-12(22-6-5-14(15,16)17)11(7-10)19(9-18)13(20)8-23-2/h3-4,7,9,18H,5-6,8H2,1-2H3. The van der Waals surface area contributed by atoms with Crippen LogP contribution in [0.3, 0.4) is 0 Å². The van der Waals surface area contributed by atoms with Crippen LogP contribution >= 0.6 is 11.8 Å². The first-order valence-electron chi connectivity index (χ1n) is 6.51. The van der Waals surface area contributed by atoms with E-state index in [9.17, 15) is 18.0 Å². The second-order valence-electron chi connectivity index (χ2n) is 4.37. The number of carbonyl (C=O) groups excluding carboxylic acids is 1. The second kappa shape index (κ2) is 8.66. The number of halogens is 3. The summed E-state index contributed by atoms with van der Waals surface area (Å²) in [5.41, 5.74) is 0.167. The molecule has 0 saturated heterocycles. The Balaban J connectivity index is 3.05. The SMILES string of the molecule is COc1ccc(OCCC(F)(F)F)c(N(C=N)C(=O)CSC)c1. The molecule has 23 heavy (non-hydrogen) atoms. The Hall–Kier alpha value is -1.90. The highest BCUT2D eigenvalue weighted by Crippen LogP contribution is 2.33. The molecule has 1 amide bonds. The number of nitrogens with one attached hydrogen (secondary N) is 1. The van der Waals surface area contributed by atoms with E-state index in [4.69, 9.17) is 14.9 Å². The number of amides is 1. The number of ether oxygens (including phenoxy) is 2. The van der Waals surface area contributed by atoms with Gasteiger partial charge in [-0.2, -0.15) is 24.9 Å². The predicted octanol–water partition coefficient (Wildman–Crippen LogP) is 3.33. The number of hydrogen-bond acceptors (Lipinski definition) is 5. The van der Waals surface area contributed by atoms with Gasteiger partial charge in [-0.1, -0.05) is 0 Å². The quantitative estimate of drug-likeness (QED) is 0.577. The van der Waals surface area contributed by atoms with Gasteiger partial charge in [-0.25, -0.2) is 0 Å². The summed E-state index contributed by atoms with van der Waals surface area (Å²) in [6, 6.07) is 4.35. The van der Waals surface area contributed by atoms with Crippen molar-refractivity contribution in [1.82, 2.24) is 0 Å². The van der Waals surface area contributed by atoms with E-state index in [1.807, 2.05) is 0 Å². The number of rotatable bonds is 8. The molecule has 1 aromatic rings. The van der Waals surface area contributed by atoms with Crippen LogP contribution in [0.5, 0.6) is 11.5 Å². The van der Waals surface area contributed by atoms with Crippen LogP contribution < -0.4 is 14.4 Å². The van der Waals surface area contributed by atoms with Crippen molar-refractivity contribution in [1.29, 1.82) is 5.41 Å². The zero-order valence-corrected chi connectivity index (χ0v) is 13.5. The molecule has 0 spiro atoms. The number of hydrogen-bond donors (Lipinski definition) is 1. The van der Waals surface area contributed by atoms with Crippen molar-refractivity contribution in [3.05, 3.63) is 18.2 Å². The van der Waals surface area contributed by atoms with E-state index in [-0.39, 0.29) is 23.1 Å². The van der Waals surface area contributed by atoms with Gasteiger partial charge in [0.25, 0.3) is 0 Å². The highest BCUT2D eigenvalue weighted by Gasteiger charge is 2.27. The zero-order chi connectivity index (χ0) is 17.5. The summed E-state index contributed by atoms with van der Waals surface area (Å²) >= 11 is 1.27. The lowest BCUT2D eigenvalue weighted by Crippen LogP contribution is -2.31. The first kappa shape index (κ1) is 19.1. The summed E-state index contributed by atoms with van der Waals surface area (Å²) in [5, 5.41) is 7.40. The molecule has 0 atom stereocenters. The molecule has 9 heteroatoms. The van der Waals surface area contributed by atoms with Gasteiger partial charge in [0.15, 0.2) is 0 Å². The average Bonchev–Trinajstić information content (AvgIpc) is 2.48. The molecule has 5 nitrogen and oxygen atoms in total. The monoisotopic (exact) mass is 350 g/mol.